The molecule has 0 saturated carbocycles. The van der Waals surface area contributed by atoms with E-state index in [2.05, 4.69) is 0 Å². The number of halogens is 1. The van der Waals surface area contributed by atoms with Crippen molar-refractivity contribution >= 4 is 26.3 Å². The van der Waals surface area contributed by atoms with Crippen LogP contribution in [-0.2, 0) is 20.6 Å². The molecule has 0 amide bonds. The number of anilines is 1. The Hall–Kier alpha value is -1.27. The summed E-state index contributed by atoms with van der Waals surface area (Å²) >= 11 is 0. The van der Waals surface area contributed by atoms with Crippen molar-refractivity contribution < 1.29 is 30.3 Å². The molecular formula is C6H7FN2O6S2. The topological polar surface area (TPSA) is 124 Å². The van der Waals surface area contributed by atoms with Crippen LogP contribution in [0.4, 0.5) is 10.1 Å². The van der Waals surface area contributed by atoms with Gasteiger partial charge in [0.25, 0.3) is 0 Å². The van der Waals surface area contributed by atoms with Crippen molar-refractivity contribution in [1.82, 2.24) is 4.83 Å². The van der Waals surface area contributed by atoms with Crippen LogP contribution in [0.25, 0.3) is 0 Å². The van der Waals surface area contributed by atoms with E-state index in [9.17, 15) is 21.2 Å². The van der Waals surface area contributed by atoms with Crippen molar-refractivity contribution in [3.63, 3.8) is 0 Å². The molecule has 0 radical (unpaired) electrons. The molecule has 1 aromatic carbocycles. The zero-order chi connectivity index (χ0) is 13.3. The Morgan fingerprint density at radius 3 is 2.06 bits per heavy atom. The molecule has 0 unspecified atom stereocenters. The van der Waals surface area contributed by atoms with Crippen LogP contribution >= 0.6 is 0 Å². The van der Waals surface area contributed by atoms with Gasteiger partial charge in [-0.1, -0.05) is 17.0 Å². The maximum Gasteiger partial charge on any atom is 0.374 e. The molecule has 0 spiro atoms. The SMILES string of the molecule is O=S(=O)(O)NN(c1ccccc1F)S(=O)(=O)O. The van der Waals surface area contributed by atoms with E-state index in [1.165, 1.54) is 12.1 Å². The molecule has 96 valence electrons. The fraction of sp³-hybridized carbons (Fsp3) is 0. The second-order valence-electron chi connectivity index (χ2n) is 2.76. The highest BCUT2D eigenvalue weighted by molar-refractivity contribution is 7.89. The van der Waals surface area contributed by atoms with Gasteiger partial charge >= 0.3 is 20.6 Å². The number of hydrogen-bond acceptors (Lipinski definition) is 4. The first kappa shape index (κ1) is 13.8. The van der Waals surface area contributed by atoms with Gasteiger partial charge in [-0.25, -0.2) is 4.39 Å². The molecule has 3 N–H and O–H groups in total. The molecule has 0 atom stereocenters. The monoisotopic (exact) mass is 286 g/mol. The Kier molecular flexibility index (Phi) is 3.68. The van der Waals surface area contributed by atoms with Crippen LogP contribution in [-0.4, -0.2) is 25.9 Å². The summed E-state index contributed by atoms with van der Waals surface area (Å²) in [6.45, 7) is 0. The molecule has 11 heteroatoms. The van der Waals surface area contributed by atoms with Crippen LogP contribution in [0.3, 0.4) is 0 Å². The third-order valence-corrected chi connectivity index (χ3v) is 2.78. The van der Waals surface area contributed by atoms with Crippen molar-refractivity contribution in [1.29, 1.82) is 0 Å². The number of nitrogens with zero attached hydrogens (tertiary/aromatic N) is 1. The van der Waals surface area contributed by atoms with E-state index in [-0.39, 0.29) is 0 Å². The highest BCUT2D eigenvalue weighted by Crippen LogP contribution is 2.19. The highest BCUT2D eigenvalue weighted by atomic mass is 32.2. The van der Waals surface area contributed by atoms with E-state index >= 15 is 0 Å². The van der Waals surface area contributed by atoms with E-state index < -0.39 is 36.5 Å². The van der Waals surface area contributed by atoms with Crippen LogP contribution in [0.1, 0.15) is 0 Å². The summed E-state index contributed by atoms with van der Waals surface area (Å²) in [7, 11) is -10.1. The second kappa shape index (κ2) is 4.54. The van der Waals surface area contributed by atoms with Crippen LogP contribution in [0, 0.1) is 5.82 Å². The van der Waals surface area contributed by atoms with Gasteiger partial charge < -0.3 is 0 Å². The van der Waals surface area contributed by atoms with E-state index in [0.29, 0.717) is 0 Å². The van der Waals surface area contributed by atoms with Gasteiger partial charge in [-0.05, 0) is 12.1 Å². The predicted molar refractivity (Wildman–Crippen MR) is 55.1 cm³/mol. The lowest BCUT2D eigenvalue weighted by atomic mass is 10.3. The predicted octanol–water partition coefficient (Wildman–Crippen LogP) is -0.258. The van der Waals surface area contributed by atoms with Gasteiger partial charge in [-0.15, -0.1) is 0 Å². The molecule has 17 heavy (non-hydrogen) atoms. The van der Waals surface area contributed by atoms with Gasteiger partial charge in [0.1, 0.15) is 11.5 Å². The lowest BCUT2D eigenvalue weighted by molar-refractivity contribution is 0.451. The smallest absolute Gasteiger partial charge is 0.272 e. The van der Waals surface area contributed by atoms with E-state index in [1.807, 2.05) is 0 Å². The van der Waals surface area contributed by atoms with Gasteiger partial charge in [0.15, 0.2) is 0 Å². The number of hydrazine groups is 1. The first-order chi connectivity index (χ1) is 7.61. The molecular weight excluding hydrogens is 279 g/mol. The summed E-state index contributed by atoms with van der Waals surface area (Å²) in [5.74, 6) is -1.12. The summed E-state index contributed by atoms with van der Waals surface area (Å²) < 4.78 is 72.6. The Morgan fingerprint density at radius 2 is 1.65 bits per heavy atom. The number of para-hydroxylation sites is 1. The van der Waals surface area contributed by atoms with Gasteiger partial charge in [-0.3, -0.25) is 9.11 Å². The van der Waals surface area contributed by atoms with E-state index in [4.69, 9.17) is 9.11 Å². The van der Waals surface area contributed by atoms with Crippen LogP contribution in [0.5, 0.6) is 0 Å². The van der Waals surface area contributed by atoms with Crippen molar-refractivity contribution in [2.75, 3.05) is 4.41 Å². The van der Waals surface area contributed by atoms with Crippen LogP contribution < -0.4 is 9.25 Å². The van der Waals surface area contributed by atoms with Gasteiger partial charge in [0, 0.05) is 0 Å². The second-order valence-corrected chi connectivity index (χ2v) is 5.15. The molecule has 0 aliphatic carbocycles. The number of hydrogen-bond donors (Lipinski definition) is 3. The number of benzene rings is 1. The highest BCUT2D eigenvalue weighted by Gasteiger charge is 2.26. The fourth-order valence-electron chi connectivity index (χ4n) is 0.942. The maximum absolute atomic E-state index is 13.2. The maximum atomic E-state index is 13.2. The minimum Gasteiger partial charge on any atom is -0.272 e. The first-order valence-corrected chi connectivity index (χ1v) is 6.72. The molecule has 1 aromatic rings. The minimum absolute atomic E-state index is 0.419. The summed E-state index contributed by atoms with van der Waals surface area (Å²) in [5, 5.41) is 0. The summed E-state index contributed by atoms with van der Waals surface area (Å²) in [5.41, 5.74) is -0.798. The van der Waals surface area contributed by atoms with Crippen LogP contribution in [0.2, 0.25) is 0 Å². The minimum atomic E-state index is -5.13. The zero-order valence-corrected chi connectivity index (χ0v) is 9.61. The summed E-state index contributed by atoms with van der Waals surface area (Å²) in [6, 6.07) is 4.12. The Bertz CT molecular complexity index is 613. The third kappa shape index (κ3) is 3.90. The van der Waals surface area contributed by atoms with Crippen molar-refractivity contribution in [2.45, 2.75) is 0 Å². The molecule has 0 aromatic heterocycles. The van der Waals surface area contributed by atoms with Crippen molar-refractivity contribution in [3.05, 3.63) is 30.1 Å². The summed E-state index contributed by atoms with van der Waals surface area (Å²) in [4.78, 5) is 1.04. The zero-order valence-electron chi connectivity index (χ0n) is 7.98. The van der Waals surface area contributed by atoms with Gasteiger partial charge in [-0.2, -0.15) is 21.2 Å². The third-order valence-electron chi connectivity index (χ3n) is 1.50. The standard InChI is InChI=1S/C6H7FN2O6S2/c7-5-3-1-2-4-6(5)9(17(13,14)15)8-16(10,11)12/h1-4,8H,(H,10,11,12)(H,13,14,15). The number of nitrogens with one attached hydrogen (secondary N) is 1. The molecule has 0 aliphatic rings. The average molecular weight is 286 g/mol. The Balaban J connectivity index is 3.32. The Morgan fingerprint density at radius 1 is 1.12 bits per heavy atom. The van der Waals surface area contributed by atoms with Crippen LogP contribution in [0.15, 0.2) is 24.3 Å². The molecule has 1 rings (SSSR count). The molecule has 8 nitrogen and oxygen atoms in total. The molecule has 0 aliphatic heterocycles. The number of rotatable bonds is 4. The summed E-state index contributed by atoms with van der Waals surface area (Å²) in [6.07, 6.45) is 0. The molecule has 0 fully saturated rings. The fourth-order valence-corrected chi connectivity index (χ4v) is 2.31. The first-order valence-electron chi connectivity index (χ1n) is 3.88. The van der Waals surface area contributed by atoms with Gasteiger partial charge in [0.05, 0.1) is 0 Å². The van der Waals surface area contributed by atoms with Crippen molar-refractivity contribution in [2.24, 2.45) is 0 Å². The largest absolute Gasteiger partial charge is 0.374 e. The molecule has 0 heterocycles. The van der Waals surface area contributed by atoms with E-state index in [1.54, 1.807) is 0 Å². The Labute approximate surface area is 96.4 Å². The normalized spacial score (nSPS) is 12.4. The lowest BCUT2D eigenvalue weighted by Crippen LogP contribution is -2.46. The lowest BCUT2D eigenvalue weighted by Gasteiger charge is -2.19. The van der Waals surface area contributed by atoms with Gasteiger partial charge in [0.2, 0.25) is 0 Å². The molecule has 0 saturated heterocycles. The average Bonchev–Trinajstić information content (AvgIpc) is 2.12. The van der Waals surface area contributed by atoms with Crippen molar-refractivity contribution in [3.8, 4) is 0 Å². The quantitative estimate of drug-likeness (QED) is 0.517. The molecule has 0 bridgehead atoms. The van der Waals surface area contributed by atoms with E-state index in [0.717, 1.165) is 17.0 Å².